The second-order valence-electron chi connectivity index (χ2n) is 5.17. The lowest BCUT2D eigenvalue weighted by molar-refractivity contribution is 0.0690. The Labute approximate surface area is 106 Å². The summed E-state index contributed by atoms with van der Waals surface area (Å²) in [5, 5.41) is 20.1. The Morgan fingerprint density at radius 3 is 2.83 bits per heavy atom. The molecule has 18 heavy (non-hydrogen) atoms. The molecule has 1 fully saturated rings. The number of rotatable bonds is 4. The van der Waals surface area contributed by atoms with Gasteiger partial charge in [0.1, 0.15) is 0 Å². The third-order valence-corrected chi connectivity index (χ3v) is 3.35. The predicted octanol–water partition coefficient (Wildman–Crippen LogP) is 1.46. The van der Waals surface area contributed by atoms with Crippen LogP contribution in [0.5, 0.6) is 0 Å². The molecule has 1 aliphatic rings. The predicted molar refractivity (Wildman–Crippen MR) is 66.5 cm³/mol. The number of hydrogen-bond acceptors (Lipinski definition) is 4. The Morgan fingerprint density at radius 2 is 2.22 bits per heavy atom. The van der Waals surface area contributed by atoms with Crippen LogP contribution < -0.4 is 5.32 Å². The van der Waals surface area contributed by atoms with Gasteiger partial charge in [0.15, 0.2) is 5.69 Å². The van der Waals surface area contributed by atoms with Crippen molar-refractivity contribution in [2.24, 2.45) is 0 Å². The second kappa shape index (κ2) is 5.48. The van der Waals surface area contributed by atoms with Crippen LogP contribution in [0.3, 0.4) is 0 Å². The molecule has 1 aromatic heterocycles. The first-order valence-electron chi connectivity index (χ1n) is 6.49. The van der Waals surface area contributed by atoms with Gasteiger partial charge < -0.3 is 10.4 Å². The van der Waals surface area contributed by atoms with Crippen molar-refractivity contribution in [3.8, 4) is 0 Å². The summed E-state index contributed by atoms with van der Waals surface area (Å²) in [7, 11) is 0. The standard InChI is InChI=1S/C12H20N4O2/c1-8(2)13-9-5-3-4-6-11(9)16-7-10(12(17)18)14-15-16/h7-9,11,13H,3-6H2,1-2H3,(H,17,18)/t9-,11+/m1/s1. The molecule has 1 aliphatic carbocycles. The van der Waals surface area contributed by atoms with Gasteiger partial charge in [0.05, 0.1) is 12.2 Å². The zero-order chi connectivity index (χ0) is 13.1. The van der Waals surface area contributed by atoms with Crippen molar-refractivity contribution >= 4 is 5.97 Å². The quantitative estimate of drug-likeness (QED) is 0.848. The molecule has 0 radical (unpaired) electrons. The lowest BCUT2D eigenvalue weighted by atomic mass is 9.90. The number of nitrogens with zero attached hydrogens (tertiary/aromatic N) is 3. The molecular weight excluding hydrogens is 232 g/mol. The molecule has 1 heterocycles. The van der Waals surface area contributed by atoms with Crippen LogP contribution in [0.2, 0.25) is 0 Å². The molecule has 0 bridgehead atoms. The van der Waals surface area contributed by atoms with Gasteiger partial charge in [0.2, 0.25) is 0 Å². The molecule has 6 nitrogen and oxygen atoms in total. The lowest BCUT2D eigenvalue weighted by Crippen LogP contribution is -2.43. The zero-order valence-corrected chi connectivity index (χ0v) is 10.8. The minimum Gasteiger partial charge on any atom is -0.476 e. The maximum Gasteiger partial charge on any atom is 0.358 e. The first kappa shape index (κ1) is 13.0. The summed E-state index contributed by atoms with van der Waals surface area (Å²) in [6.45, 7) is 4.24. The van der Waals surface area contributed by atoms with E-state index in [9.17, 15) is 4.79 Å². The highest BCUT2D eigenvalue weighted by atomic mass is 16.4. The molecule has 1 aromatic rings. The number of aromatic carboxylic acids is 1. The van der Waals surface area contributed by atoms with Crippen LogP contribution in [0.25, 0.3) is 0 Å². The molecule has 0 saturated heterocycles. The monoisotopic (exact) mass is 252 g/mol. The Morgan fingerprint density at radius 1 is 1.50 bits per heavy atom. The molecule has 2 atom stereocenters. The smallest absolute Gasteiger partial charge is 0.358 e. The fourth-order valence-electron chi connectivity index (χ4n) is 2.59. The summed E-state index contributed by atoms with van der Waals surface area (Å²) in [5.74, 6) is -1.02. The fraction of sp³-hybridized carbons (Fsp3) is 0.750. The molecule has 0 aliphatic heterocycles. The Balaban J connectivity index is 2.14. The van der Waals surface area contributed by atoms with Gasteiger partial charge in [-0.3, -0.25) is 0 Å². The van der Waals surface area contributed by atoms with E-state index in [0.717, 1.165) is 19.3 Å². The second-order valence-corrected chi connectivity index (χ2v) is 5.17. The number of aromatic nitrogens is 3. The SMILES string of the molecule is CC(C)N[C@@H]1CCCC[C@@H]1n1cc(C(=O)O)nn1. The molecule has 2 rings (SSSR count). The van der Waals surface area contributed by atoms with Crippen molar-refractivity contribution in [3.05, 3.63) is 11.9 Å². The van der Waals surface area contributed by atoms with Gasteiger partial charge in [-0.1, -0.05) is 31.9 Å². The maximum absolute atomic E-state index is 10.8. The van der Waals surface area contributed by atoms with Crippen LogP contribution in [0, 0.1) is 0 Å². The van der Waals surface area contributed by atoms with Crippen LogP contribution in [0.15, 0.2) is 6.20 Å². The Kier molecular flexibility index (Phi) is 3.96. The summed E-state index contributed by atoms with van der Waals surface area (Å²) in [5.41, 5.74) is 0.0175. The van der Waals surface area contributed by atoms with E-state index in [4.69, 9.17) is 5.11 Å². The number of carboxylic acid groups (broad SMARTS) is 1. The van der Waals surface area contributed by atoms with Gasteiger partial charge >= 0.3 is 5.97 Å². The first-order valence-corrected chi connectivity index (χ1v) is 6.49. The summed E-state index contributed by atoms with van der Waals surface area (Å²) in [4.78, 5) is 10.8. The van der Waals surface area contributed by atoms with Crippen molar-refractivity contribution in [1.29, 1.82) is 0 Å². The van der Waals surface area contributed by atoms with Crippen molar-refractivity contribution in [2.75, 3.05) is 0 Å². The van der Waals surface area contributed by atoms with Gasteiger partial charge in [0, 0.05) is 12.1 Å². The van der Waals surface area contributed by atoms with Crippen molar-refractivity contribution < 1.29 is 9.90 Å². The average molecular weight is 252 g/mol. The Bertz CT molecular complexity index is 416. The normalized spacial score (nSPS) is 24.4. The maximum atomic E-state index is 10.8. The van der Waals surface area contributed by atoms with Crippen LogP contribution in [-0.4, -0.2) is 38.2 Å². The molecule has 100 valence electrons. The van der Waals surface area contributed by atoms with Crippen molar-refractivity contribution in [3.63, 3.8) is 0 Å². The highest BCUT2D eigenvalue weighted by Gasteiger charge is 2.28. The summed E-state index contributed by atoms with van der Waals surface area (Å²) in [6, 6.07) is 0.974. The zero-order valence-electron chi connectivity index (χ0n) is 10.8. The van der Waals surface area contributed by atoms with Crippen LogP contribution in [0.1, 0.15) is 56.1 Å². The summed E-state index contributed by atoms with van der Waals surface area (Å²) < 4.78 is 1.71. The minimum absolute atomic E-state index is 0.0175. The van der Waals surface area contributed by atoms with Gasteiger partial charge in [-0.2, -0.15) is 0 Å². The number of carbonyl (C=O) groups is 1. The average Bonchev–Trinajstić information content (AvgIpc) is 2.78. The molecular formula is C12H20N4O2. The van der Waals surface area contributed by atoms with Crippen molar-refractivity contribution in [2.45, 2.75) is 57.7 Å². The van der Waals surface area contributed by atoms with E-state index in [-0.39, 0.29) is 11.7 Å². The van der Waals surface area contributed by atoms with Gasteiger partial charge in [-0.15, -0.1) is 5.10 Å². The fourth-order valence-corrected chi connectivity index (χ4v) is 2.59. The van der Waals surface area contributed by atoms with Crippen molar-refractivity contribution in [1.82, 2.24) is 20.3 Å². The molecule has 0 spiro atoms. The van der Waals surface area contributed by atoms with E-state index in [0.29, 0.717) is 12.1 Å². The summed E-state index contributed by atoms with van der Waals surface area (Å²) in [6.07, 6.45) is 6.02. The van der Waals surface area contributed by atoms with E-state index < -0.39 is 5.97 Å². The van der Waals surface area contributed by atoms with Crippen LogP contribution >= 0.6 is 0 Å². The summed E-state index contributed by atoms with van der Waals surface area (Å²) >= 11 is 0. The van der Waals surface area contributed by atoms with Gasteiger partial charge in [-0.05, 0) is 12.8 Å². The lowest BCUT2D eigenvalue weighted by Gasteiger charge is -2.33. The van der Waals surface area contributed by atoms with E-state index in [1.807, 2.05) is 0 Å². The largest absolute Gasteiger partial charge is 0.476 e. The number of nitrogens with one attached hydrogen (secondary N) is 1. The molecule has 0 amide bonds. The number of carboxylic acids is 1. The van der Waals surface area contributed by atoms with E-state index in [1.165, 1.54) is 12.6 Å². The van der Waals surface area contributed by atoms with Gasteiger partial charge in [-0.25, -0.2) is 9.48 Å². The van der Waals surface area contributed by atoms with Gasteiger partial charge in [0.25, 0.3) is 0 Å². The topological polar surface area (TPSA) is 80.0 Å². The molecule has 1 saturated carbocycles. The van der Waals surface area contributed by atoms with E-state index >= 15 is 0 Å². The Hall–Kier alpha value is -1.43. The highest BCUT2D eigenvalue weighted by molar-refractivity contribution is 5.84. The molecule has 2 N–H and O–H groups in total. The molecule has 6 heteroatoms. The van der Waals surface area contributed by atoms with E-state index in [2.05, 4.69) is 29.5 Å². The van der Waals surface area contributed by atoms with Crippen LogP contribution in [0.4, 0.5) is 0 Å². The van der Waals surface area contributed by atoms with Crippen LogP contribution in [-0.2, 0) is 0 Å². The minimum atomic E-state index is -1.02. The number of hydrogen-bond donors (Lipinski definition) is 2. The molecule has 0 aromatic carbocycles. The third-order valence-electron chi connectivity index (χ3n) is 3.35. The molecule has 0 unspecified atom stereocenters. The van der Waals surface area contributed by atoms with E-state index in [1.54, 1.807) is 4.68 Å². The third kappa shape index (κ3) is 2.87. The first-order chi connectivity index (χ1) is 8.58. The highest BCUT2D eigenvalue weighted by Crippen LogP contribution is 2.28.